The highest BCUT2D eigenvalue weighted by Gasteiger charge is 2.33. The Bertz CT molecular complexity index is 373. The fourth-order valence-corrected chi connectivity index (χ4v) is 3.19. The number of rotatable bonds is 5. The van der Waals surface area contributed by atoms with Crippen molar-refractivity contribution in [2.45, 2.75) is 26.8 Å². The van der Waals surface area contributed by atoms with Crippen LogP contribution in [0.3, 0.4) is 0 Å². The average molecular weight is 255 g/mol. The second-order valence-corrected chi connectivity index (χ2v) is 5.47. The van der Waals surface area contributed by atoms with Crippen LogP contribution in [0.25, 0.3) is 0 Å². The summed E-state index contributed by atoms with van der Waals surface area (Å²) in [6.07, 6.45) is 0. The number of carbonyl (C=O) groups is 1. The van der Waals surface area contributed by atoms with Gasteiger partial charge in [0.1, 0.15) is 0 Å². The molecule has 0 aliphatic carbocycles. The zero-order valence-electron chi connectivity index (χ0n) is 11.1. The van der Waals surface area contributed by atoms with E-state index in [2.05, 4.69) is 37.5 Å². The van der Waals surface area contributed by atoms with E-state index in [0.29, 0.717) is 0 Å². The highest BCUT2D eigenvalue weighted by Crippen LogP contribution is 2.33. The van der Waals surface area contributed by atoms with Gasteiger partial charge in [0.05, 0.1) is 19.1 Å². The average Bonchev–Trinajstić information content (AvgIpc) is 2.70. The molecule has 96 valence electrons. The normalized spacial score (nSPS) is 14.7. The molecule has 0 spiro atoms. The molecule has 1 rings (SSSR count). The summed E-state index contributed by atoms with van der Waals surface area (Å²) >= 11 is 1.69. The van der Waals surface area contributed by atoms with Crippen LogP contribution >= 0.6 is 11.3 Å². The third-order valence-electron chi connectivity index (χ3n) is 3.05. The second kappa shape index (κ2) is 6.17. The third kappa shape index (κ3) is 3.07. The summed E-state index contributed by atoms with van der Waals surface area (Å²) in [5.74, 6) is -0.0594. The van der Waals surface area contributed by atoms with Crippen LogP contribution in [0.15, 0.2) is 11.4 Å². The molecule has 0 fully saturated rings. The van der Waals surface area contributed by atoms with Gasteiger partial charge in [-0.05, 0) is 36.9 Å². The first-order valence-corrected chi connectivity index (χ1v) is 6.70. The lowest BCUT2D eigenvalue weighted by Gasteiger charge is -2.27. The van der Waals surface area contributed by atoms with Crippen molar-refractivity contribution in [3.05, 3.63) is 21.9 Å². The number of thiophene rings is 1. The maximum absolute atomic E-state index is 11.9. The molecule has 2 unspecified atom stereocenters. The lowest BCUT2D eigenvalue weighted by Crippen LogP contribution is -2.35. The molecule has 0 aliphatic rings. The maximum atomic E-state index is 11.9. The number of hydrogen-bond donors (Lipinski definition) is 1. The molecule has 3 nitrogen and oxygen atoms in total. The van der Waals surface area contributed by atoms with E-state index in [4.69, 9.17) is 4.74 Å². The highest BCUT2D eigenvalue weighted by atomic mass is 32.1. The summed E-state index contributed by atoms with van der Waals surface area (Å²) < 4.78 is 4.92. The van der Waals surface area contributed by atoms with E-state index in [0.717, 1.165) is 0 Å². The second-order valence-electron chi connectivity index (χ2n) is 4.53. The van der Waals surface area contributed by atoms with Gasteiger partial charge in [0.15, 0.2) is 0 Å². The molecule has 0 radical (unpaired) electrons. The van der Waals surface area contributed by atoms with E-state index >= 15 is 0 Å². The standard InChI is InChI=1S/C13H21NO2S/c1-8(2)10(13(15)16-5)11(14-4)12-9(3)6-7-17-12/h6-8,10-11,14H,1-5H3. The van der Waals surface area contributed by atoms with Gasteiger partial charge in [-0.3, -0.25) is 4.79 Å². The topological polar surface area (TPSA) is 38.3 Å². The zero-order chi connectivity index (χ0) is 13.0. The van der Waals surface area contributed by atoms with Crippen molar-refractivity contribution in [2.24, 2.45) is 11.8 Å². The maximum Gasteiger partial charge on any atom is 0.310 e. The van der Waals surface area contributed by atoms with Crippen LogP contribution in [0.1, 0.15) is 30.3 Å². The number of nitrogens with one attached hydrogen (secondary N) is 1. The molecule has 0 saturated heterocycles. The first-order chi connectivity index (χ1) is 8.02. The van der Waals surface area contributed by atoms with Gasteiger partial charge in [-0.1, -0.05) is 13.8 Å². The summed E-state index contributed by atoms with van der Waals surface area (Å²) in [5, 5.41) is 5.31. The van der Waals surface area contributed by atoms with Crippen molar-refractivity contribution in [3.63, 3.8) is 0 Å². The number of esters is 1. The minimum Gasteiger partial charge on any atom is -0.469 e. The van der Waals surface area contributed by atoms with E-state index in [9.17, 15) is 4.79 Å². The van der Waals surface area contributed by atoms with Crippen LogP contribution in [-0.2, 0) is 9.53 Å². The monoisotopic (exact) mass is 255 g/mol. The summed E-state index contributed by atoms with van der Waals surface area (Å²) in [6.45, 7) is 6.18. The van der Waals surface area contributed by atoms with Gasteiger partial charge in [-0.2, -0.15) is 0 Å². The first-order valence-electron chi connectivity index (χ1n) is 5.82. The van der Waals surface area contributed by atoms with Crippen LogP contribution in [-0.4, -0.2) is 20.1 Å². The molecular weight excluding hydrogens is 234 g/mol. The Morgan fingerprint density at radius 3 is 2.47 bits per heavy atom. The van der Waals surface area contributed by atoms with Gasteiger partial charge in [0.2, 0.25) is 0 Å². The molecule has 4 heteroatoms. The number of aryl methyl sites for hydroxylation is 1. The van der Waals surface area contributed by atoms with Crippen LogP contribution in [0.2, 0.25) is 0 Å². The highest BCUT2D eigenvalue weighted by molar-refractivity contribution is 7.10. The van der Waals surface area contributed by atoms with E-state index < -0.39 is 0 Å². The van der Waals surface area contributed by atoms with E-state index in [1.54, 1.807) is 11.3 Å². The zero-order valence-corrected chi connectivity index (χ0v) is 11.9. The van der Waals surface area contributed by atoms with Crippen molar-refractivity contribution in [1.82, 2.24) is 5.32 Å². The Balaban J connectivity index is 3.06. The molecule has 0 saturated carbocycles. The minimum atomic E-state index is -0.151. The molecular formula is C13H21NO2S. The Hall–Kier alpha value is -0.870. The SMILES string of the molecule is CNC(c1sccc1C)C(C(=O)OC)C(C)C. The number of ether oxygens (including phenoxy) is 1. The smallest absolute Gasteiger partial charge is 0.310 e. The molecule has 1 N–H and O–H groups in total. The number of hydrogen-bond acceptors (Lipinski definition) is 4. The summed E-state index contributed by atoms with van der Waals surface area (Å²) in [7, 11) is 3.34. The predicted octanol–water partition coefficient (Wildman–Crippen LogP) is 2.76. The fourth-order valence-electron chi connectivity index (χ4n) is 2.11. The van der Waals surface area contributed by atoms with Gasteiger partial charge in [0.25, 0.3) is 0 Å². The first kappa shape index (κ1) is 14.2. The molecule has 0 aromatic carbocycles. The molecule has 0 bridgehead atoms. The number of methoxy groups -OCH3 is 1. The fraction of sp³-hybridized carbons (Fsp3) is 0.615. The van der Waals surface area contributed by atoms with Gasteiger partial charge < -0.3 is 10.1 Å². The predicted molar refractivity (Wildman–Crippen MR) is 71.2 cm³/mol. The molecule has 1 aromatic rings. The Kier molecular flexibility index (Phi) is 5.15. The van der Waals surface area contributed by atoms with E-state index in [1.807, 2.05) is 7.05 Å². The van der Waals surface area contributed by atoms with E-state index in [1.165, 1.54) is 17.6 Å². The van der Waals surface area contributed by atoms with Crippen LogP contribution in [0.5, 0.6) is 0 Å². The van der Waals surface area contributed by atoms with Gasteiger partial charge >= 0.3 is 5.97 Å². The van der Waals surface area contributed by atoms with Gasteiger partial charge in [0, 0.05) is 4.88 Å². The summed E-state index contributed by atoms with van der Waals surface area (Å²) in [4.78, 5) is 13.1. The molecule has 0 amide bonds. The van der Waals surface area contributed by atoms with Crippen LogP contribution in [0, 0.1) is 18.8 Å². The largest absolute Gasteiger partial charge is 0.469 e. The molecule has 1 heterocycles. The third-order valence-corrected chi connectivity index (χ3v) is 4.15. The van der Waals surface area contributed by atoms with Crippen molar-refractivity contribution in [1.29, 1.82) is 0 Å². The van der Waals surface area contributed by atoms with Crippen LogP contribution in [0.4, 0.5) is 0 Å². The van der Waals surface area contributed by atoms with Gasteiger partial charge in [-0.25, -0.2) is 0 Å². The summed E-state index contributed by atoms with van der Waals surface area (Å²) in [5.41, 5.74) is 1.23. The minimum absolute atomic E-state index is 0.0300. The Morgan fingerprint density at radius 2 is 2.12 bits per heavy atom. The molecule has 1 aromatic heterocycles. The van der Waals surface area contributed by atoms with Crippen LogP contribution < -0.4 is 5.32 Å². The Labute approximate surface area is 107 Å². The lowest BCUT2D eigenvalue weighted by molar-refractivity contribution is -0.148. The summed E-state index contributed by atoms with van der Waals surface area (Å²) in [6, 6.07) is 2.11. The molecule has 0 aliphatic heterocycles. The quantitative estimate of drug-likeness (QED) is 0.822. The van der Waals surface area contributed by atoms with Crippen molar-refractivity contribution < 1.29 is 9.53 Å². The van der Waals surface area contributed by atoms with Gasteiger partial charge in [-0.15, -0.1) is 11.3 Å². The van der Waals surface area contributed by atoms with Crippen molar-refractivity contribution in [2.75, 3.05) is 14.2 Å². The van der Waals surface area contributed by atoms with Crippen molar-refractivity contribution >= 4 is 17.3 Å². The lowest BCUT2D eigenvalue weighted by atomic mass is 9.86. The molecule has 2 atom stereocenters. The van der Waals surface area contributed by atoms with Crippen molar-refractivity contribution in [3.8, 4) is 0 Å². The number of carbonyl (C=O) groups excluding carboxylic acids is 1. The Morgan fingerprint density at radius 1 is 1.47 bits per heavy atom. The van der Waals surface area contributed by atoms with E-state index in [-0.39, 0.29) is 23.8 Å². The molecule has 17 heavy (non-hydrogen) atoms.